The lowest BCUT2D eigenvalue weighted by Gasteiger charge is -2.14. The van der Waals surface area contributed by atoms with Crippen molar-refractivity contribution in [2.24, 2.45) is 0 Å². The zero-order valence-corrected chi connectivity index (χ0v) is 12.6. The van der Waals surface area contributed by atoms with Crippen molar-refractivity contribution in [1.29, 1.82) is 0 Å². The minimum atomic E-state index is -0.770. The van der Waals surface area contributed by atoms with Gasteiger partial charge in [0.2, 0.25) is 0 Å². The predicted octanol–water partition coefficient (Wildman–Crippen LogP) is 3.40. The molecule has 5 heteroatoms. The van der Waals surface area contributed by atoms with Crippen LogP contribution in [0.25, 0.3) is 10.2 Å². The molecule has 0 saturated heterocycles. The summed E-state index contributed by atoms with van der Waals surface area (Å²) in [5.41, 5.74) is 2.41. The van der Waals surface area contributed by atoms with Gasteiger partial charge in [-0.25, -0.2) is 0 Å². The van der Waals surface area contributed by atoms with E-state index in [1.165, 1.54) is 0 Å². The maximum Gasteiger partial charge on any atom is 0.122 e. The van der Waals surface area contributed by atoms with Crippen molar-refractivity contribution in [2.75, 3.05) is 14.2 Å². The minimum Gasteiger partial charge on any atom is -0.497 e. The van der Waals surface area contributed by atoms with Crippen LogP contribution in [0.2, 0.25) is 0 Å². The number of aliphatic hydroxyl groups excluding tert-OH is 1. The van der Waals surface area contributed by atoms with Crippen LogP contribution in [0.5, 0.6) is 11.5 Å². The largest absolute Gasteiger partial charge is 0.497 e. The van der Waals surface area contributed by atoms with Gasteiger partial charge in [-0.15, -0.1) is 11.3 Å². The third kappa shape index (κ3) is 2.70. The van der Waals surface area contributed by atoms with Gasteiger partial charge in [-0.3, -0.25) is 4.98 Å². The maximum atomic E-state index is 10.6. The Balaban J connectivity index is 2.01. The van der Waals surface area contributed by atoms with Crippen LogP contribution in [0.15, 0.2) is 41.9 Å². The second-order valence-corrected chi connectivity index (χ2v) is 5.57. The third-order valence-corrected chi connectivity index (χ3v) is 4.18. The summed E-state index contributed by atoms with van der Waals surface area (Å²) >= 11 is 1.61. The van der Waals surface area contributed by atoms with Crippen molar-refractivity contribution in [1.82, 2.24) is 4.98 Å². The molecule has 0 aliphatic carbocycles. The molecule has 0 bridgehead atoms. The summed E-state index contributed by atoms with van der Waals surface area (Å²) in [4.78, 5) is 4.36. The average molecular weight is 301 g/mol. The van der Waals surface area contributed by atoms with Gasteiger partial charge in [0, 0.05) is 17.8 Å². The Morgan fingerprint density at radius 1 is 1.05 bits per heavy atom. The smallest absolute Gasteiger partial charge is 0.122 e. The molecule has 1 N–H and O–H groups in total. The molecule has 21 heavy (non-hydrogen) atoms. The quantitative estimate of drug-likeness (QED) is 0.802. The number of rotatable bonds is 4. The van der Waals surface area contributed by atoms with Gasteiger partial charge in [-0.1, -0.05) is 0 Å². The first-order chi connectivity index (χ1) is 10.2. The molecule has 0 spiro atoms. The number of methoxy groups -OCH3 is 2. The molecule has 1 unspecified atom stereocenters. The number of ether oxygens (including phenoxy) is 2. The topological polar surface area (TPSA) is 51.6 Å². The molecule has 1 atom stereocenters. The standard InChI is InChI=1S/C16H15NO3S/c1-19-12-5-10(6-13(8-12)20-2)16(18)11-7-15-14(17-9-11)3-4-21-15/h3-9,16,18H,1-2H3. The summed E-state index contributed by atoms with van der Waals surface area (Å²) in [6, 6.07) is 9.29. The molecular weight excluding hydrogens is 286 g/mol. The van der Waals surface area contributed by atoms with Gasteiger partial charge in [0.1, 0.15) is 17.6 Å². The van der Waals surface area contributed by atoms with Gasteiger partial charge in [-0.05, 0) is 35.2 Å². The van der Waals surface area contributed by atoms with E-state index in [0.29, 0.717) is 17.1 Å². The second-order valence-electron chi connectivity index (χ2n) is 4.62. The monoisotopic (exact) mass is 301 g/mol. The van der Waals surface area contributed by atoms with Crippen LogP contribution in [0.1, 0.15) is 17.2 Å². The Kier molecular flexibility index (Phi) is 3.77. The van der Waals surface area contributed by atoms with Gasteiger partial charge in [0.25, 0.3) is 0 Å². The highest BCUT2D eigenvalue weighted by molar-refractivity contribution is 7.17. The fourth-order valence-electron chi connectivity index (χ4n) is 2.19. The van der Waals surface area contributed by atoms with Gasteiger partial charge >= 0.3 is 0 Å². The van der Waals surface area contributed by atoms with Crippen LogP contribution < -0.4 is 9.47 Å². The highest BCUT2D eigenvalue weighted by atomic mass is 32.1. The molecule has 0 radical (unpaired) electrons. The first-order valence-corrected chi connectivity index (χ1v) is 7.33. The van der Waals surface area contributed by atoms with Gasteiger partial charge in [0.15, 0.2) is 0 Å². The number of hydrogen-bond acceptors (Lipinski definition) is 5. The molecule has 108 valence electrons. The molecule has 3 aromatic rings. The summed E-state index contributed by atoms with van der Waals surface area (Å²) in [6.45, 7) is 0. The van der Waals surface area contributed by atoms with Gasteiger partial charge in [0.05, 0.1) is 24.4 Å². The number of pyridine rings is 1. The first-order valence-electron chi connectivity index (χ1n) is 6.45. The summed E-state index contributed by atoms with van der Waals surface area (Å²) < 4.78 is 11.5. The Labute approximate surface area is 126 Å². The molecule has 0 amide bonds. The van der Waals surface area contributed by atoms with Crippen LogP contribution in [0.4, 0.5) is 0 Å². The first kappa shape index (κ1) is 13.9. The van der Waals surface area contributed by atoms with Crippen molar-refractivity contribution in [3.8, 4) is 11.5 Å². The van der Waals surface area contributed by atoms with Crippen LogP contribution >= 0.6 is 11.3 Å². The molecule has 0 saturated carbocycles. The second kappa shape index (κ2) is 5.71. The zero-order chi connectivity index (χ0) is 14.8. The fraction of sp³-hybridized carbons (Fsp3) is 0.188. The Morgan fingerprint density at radius 2 is 1.76 bits per heavy atom. The molecule has 0 aliphatic rings. The number of aliphatic hydroxyl groups is 1. The molecule has 0 aliphatic heterocycles. The number of nitrogens with zero attached hydrogens (tertiary/aromatic N) is 1. The van der Waals surface area contributed by atoms with E-state index in [-0.39, 0.29) is 0 Å². The van der Waals surface area contributed by atoms with E-state index in [9.17, 15) is 5.11 Å². The molecule has 4 nitrogen and oxygen atoms in total. The van der Waals surface area contributed by atoms with Crippen LogP contribution in [0, 0.1) is 0 Å². The van der Waals surface area contributed by atoms with E-state index in [1.807, 2.05) is 17.5 Å². The molecule has 2 aromatic heterocycles. The average Bonchev–Trinajstić information content (AvgIpc) is 3.01. The molecule has 3 rings (SSSR count). The Hall–Kier alpha value is -2.11. The van der Waals surface area contributed by atoms with Crippen molar-refractivity contribution in [3.05, 3.63) is 53.0 Å². The lowest BCUT2D eigenvalue weighted by Crippen LogP contribution is -2.01. The van der Waals surface area contributed by atoms with Crippen molar-refractivity contribution >= 4 is 21.6 Å². The number of fused-ring (bicyclic) bond motifs is 1. The molecule has 2 heterocycles. The minimum absolute atomic E-state index is 0.647. The van der Waals surface area contributed by atoms with E-state index in [1.54, 1.807) is 50.0 Å². The Bertz CT molecular complexity index is 747. The summed E-state index contributed by atoms with van der Waals surface area (Å²) in [7, 11) is 3.17. The van der Waals surface area contributed by atoms with Crippen LogP contribution in [0.3, 0.4) is 0 Å². The highest BCUT2D eigenvalue weighted by Gasteiger charge is 2.14. The van der Waals surface area contributed by atoms with E-state index in [2.05, 4.69) is 4.98 Å². The molecular formula is C16H15NO3S. The summed E-state index contributed by atoms with van der Waals surface area (Å²) in [5.74, 6) is 1.29. The number of benzene rings is 1. The van der Waals surface area contributed by atoms with Crippen LogP contribution in [-0.4, -0.2) is 24.3 Å². The summed E-state index contributed by atoms with van der Waals surface area (Å²) in [5, 5.41) is 12.6. The normalized spacial score (nSPS) is 12.3. The van der Waals surface area contributed by atoms with Crippen molar-refractivity contribution < 1.29 is 14.6 Å². The molecule has 0 fully saturated rings. The van der Waals surface area contributed by atoms with Gasteiger partial charge < -0.3 is 14.6 Å². The molecule has 1 aromatic carbocycles. The summed E-state index contributed by atoms with van der Waals surface area (Å²) in [6.07, 6.45) is 0.930. The third-order valence-electron chi connectivity index (χ3n) is 3.33. The highest BCUT2D eigenvalue weighted by Crippen LogP contribution is 2.31. The lowest BCUT2D eigenvalue weighted by molar-refractivity contribution is 0.219. The van der Waals surface area contributed by atoms with E-state index < -0.39 is 6.10 Å². The van der Waals surface area contributed by atoms with Crippen molar-refractivity contribution in [2.45, 2.75) is 6.10 Å². The van der Waals surface area contributed by atoms with Gasteiger partial charge in [-0.2, -0.15) is 0 Å². The van der Waals surface area contributed by atoms with E-state index >= 15 is 0 Å². The number of hydrogen-bond donors (Lipinski definition) is 1. The maximum absolute atomic E-state index is 10.6. The predicted molar refractivity (Wildman–Crippen MR) is 83.2 cm³/mol. The Morgan fingerprint density at radius 3 is 2.43 bits per heavy atom. The van der Waals surface area contributed by atoms with Crippen molar-refractivity contribution in [3.63, 3.8) is 0 Å². The van der Waals surface area contributed by atoms with E-state index in [4.69, 9.17) is 9.47 Å². The zero-order valence-electron chi connectivity index (χ0n) is 11.7. The number of thiophene rings is 1. The van der Waals surface area contributed by atoms with E-state index in [0.717, 1.165) is 15.8 Å². The van der Waals surface area contributed by atoms with Crippen LogP contribution in [-0.2, 0) is 0 Å². The lowest BCUT2D eigenvalue weighted by atomic mass is 10.0. The SMILES string of the molecule is COc1cc(OC)cc(C(O)c2cnc3ccsc3c2)c1. The number of aromatic nitrogens is 1. The fourth-order valence-corrected chi connectivity index (χ4v) is 2.98.